The van der Waals surface area contributed by atoms with Crippen LogP contribution in [-0.4, -0.2) is 24.2 Å². The van der Waals surface area contributed by atoms with Gasteiger partial charge in [-0.1, -0.05) is 0 Å². The molecule has 1 aromatic rings. The van der Waals surface area contributed by atoms with Crippen molar-refractivity contribution in [3.63, 3.8) is 0 Å². The minimum absolute atomic E-state index is 0.546. The highest BCUT2D eigenvalue weighted by atomic mass is 32.2. The standard InChI is InChI=1S/C7H12N2O3S/c1-6(12-13(3,10)11)7-8-4-5-9(7)2/h4-6H,1-3H3. The van der Waals surface area contributed by atoms with Crippen molar-refractivity contribution in [1.82, 2.24) is 9.55 Å². The van der Waals surface area contributed by atoms with E-state index in [0.29, 0.717) is 5.82 Å². The lowest BCUT2D eigenvalue weighted by Gasteiger charge is -2.10. The van der Waals surface area contributed by atoms with E-state index < -0.39 is 16.2 Å². The summed E-state index contributed by atoms with van der Waals surface area (Å²) in [4.78, 5) is 3.97. The Morgan fingerprint density at radius 1 is 1.62 bits per heavy atom. The first-order valence-corrected chi connectivity index (χ1v) is 5.57. The van der Waals surface area contributed by atoms with Crippen molar-refractivity contribution in [2.24, 2.45) is 7.05 Å². The van der Waals surface area contributed by atoms with Gasteiger partial charge in [0.05, 0.1) is 6.26 Å². The van der Waals surface area contributed by atoms with Crippen LogP contribution >= 0.6 is 0 Å². The van der Waals surface area contributed by atoms with Crippen LogP contribution in [0.25, 0.3) is 0 Å². The molecule has 0 N–H and O–H groups in total. The van der Waals surface area contributed by atoms with Gasteiger partial charge in [-0.15, -0.1) is 0 Å². The van der Waals surface area contributed by atoms with Gasteiger partial charge in [0.1, 0.15) is 11.9 Å². The summed E-state index contributed by atoms with van der Waals surface area (Å²) in [5.41, 5.74) is 0. The van der Waals surface area contributed by atoms with Crippen LogP contribution in [-0.2, 0) is 21.3 Å². The van der Waals surface area contributed by atoms with Crippen LogP contribution in [0.3, 0.4) is 0 Å². The first-order chi connectivity index (χ1) is 5.90. The van der Waals surface area contributed by atoms with Gasteiger partial charge in [-0.3, -0.25) is 4.18 Å². The van der Waals surface area contributed by atoms with Gasteiger partial charge in [-0.25, -0.2) is 4.98 Å². The summed E-state index contributed by atoms with van der Waals surface area (Å²) in [6, 6.07) is 0. The highest BCUT2D eigenvalue weighted by Crippen LogP contribution is 2.15. The third-order valence-electron chi connectivity index (χ3n) is 1.54. The third-order valence-corrected chi connectivity index (χ3v) is 2.18. The maximum Gasteiger partial charge on any atom is 0.265 e. The quantitative estimate of drug-likeness (QED) is 0.671. The van der Waals surface area contributed by atoms with Gasteiger partial charge in [0.2, 0.25) is 0 Å². The topological polar surface area (TPSA) is 61.2 Å². The van der Waals surface area contributed by atoms with Crippen molar-refractivity contribution in [3.8, 4) is 0 Å². The van der Waals surface area contributed by atoms with Gasteiger partial charge < -0.3 is 4.57 Å². The Morgan fingerprint density at radius 3 is 2.62 bits per heavy atom. The van der Waals surface area contributed by atoms with Crippen molar-refractivity contribution < 1.29 is 12.6 Å². The average molecular weight is 204 g/mol. The lowest BCUT2D eigenvalue weighted by molar-refractivity contribution is 0.222. The summed E-state index contributed by atoms with van der Waals surface area (Å²) in [6.45, 7) is 1.64. The number of hydrogen-bond donors (Lipinski definition) is 0. The molecular formula is C7H12N2O3S. The van der Waals surface area contributed by atoms with Crippen LogP contribution in [0.1, 0.15) is 18.9 Å². The summed E-state index contributed by atoms with van der Waals surface area (Å²) >= 11 is 0. The minimum atomic E-state index is -3.42. The molecule has 0 aliphatic carbocycles. The molecule has 1 rings (SSSR count). The zero-order valence-corrected chi connectivity index (χ0v) is 8.58. The molecule has 0 bridgehead atoms. The van der Waals surface area contributed by atoms with E-state index >= 15 is 0 Å². The molecule has 6 heteroatoms. The van der Waals surface area contributed by atoms with Gasteiger partial charge in [-0.05, 0) is 6.92 Å². The van der Waals surface area contributed by atoms with Crippen molar-refractivity contribution >= 4 is 10.1 Å². The van der Waals surface area contributed by atoms with Gasteiger partial charge in [0.15, 0.2) is 0 Å². The number of hydrogen-bond acceptors (Lipinski definition) is 4. The Morgan fingerprint density at radius 2 is 2.23 bits per heavy atom. The lowest BCUT2D eigenvalue weighted by Crippen LogP contribution is -2.11. The molecule has 0 aliphatic rings. The van der Waals surface area contributed by atoms with Crippen LogP contribution in [0.4, 0.5) is 0 Å². The Labute approximate surface area is 77.5 Å². The van der Waals surface area contributed by atoms with E-state index in [1.807, 2.05) is 0 Å². The molecule has 5 nitrogen and oxygen atoms in total. The molecule has 0 fully saturated rings. The molecule has 1 atom stereocenters. The van der Waals surface area contributed by atoms with Crippen molar-refractivity contribution in [2.45, 2.75) is 13.0 Å². The Kier molecular flexibility index (Phi) is 2.72. The number of aryl methyl sites for hydroxylation is 1. The van der Waals surface area contributed by atoms with E-state index in [0.717, 1.165) is 6.26 Å². The van der Waals surface area contributed by atoms with E-state index in [4.69, 9.17) is 4.18 Å². The number of aromatic nitrogens is 2. The molecule has 0 saturated heterocycles. The van der Waals surface area contributed by atoms with Gasteiger partial charge in [0.25, 0.3) is 10.1 Å². The SMILES string of the molecule is CC(OS(C)(=O)=O)c1nccn1C. The van der Waals surface area contributed by atoms with Crippen molar-refractivity contribution in [2.75, 3.05) is 6.26 Å². The van der Waals surface area contributed by atoms with E-state index in [-0.39, 0.29) is 0 Å². The molecule has 1 heterocycles. The molecule has 1 unspecified atom stereocenters. The fourth-order valence-electron chi connectivity index (χ4n) is 1.07. The largest absolute Gasteiger partial charge is 0.336 e. The second kappa shape index (κ2) is 3.47. The normalized spacial score (nSPS) is 14.4. The molecule has 1 aromatic heterocycles. The molecule has 0 aromatic carbocycles. The predicted molar refractivity (Wildman–Crippen MR) is 47.6 cm³/mol. The maximum atomic E-state index is 10.8. The second-order valence-electron chi connectivity index (χ2n) is 2.84. The van der Waals surface area contributed by atoms with Crippen LogP contribution in [0, 0.1) is 0 Å². The van der Waals surface area contributed by atoms with Crippen molar-refractivity contribution in [3.05, 3.63) is 18.2 Å². The maximum absolute atomic E-state index is 10.8. The summed E-state index contributed by atoms with van der Waals surface area (Å²) in [5, 5.41) is 0. The van der Waals surface area contributed by atoms with Crippen LogP contribution in [0.2, 0.25) is 0 Å². The summed E-state index contributed by atoms with van der Waals surface area (Å²) in [7, 11) is -1.64. The number of imidazole rings is 1. The number of rotatable bonds is 3. The highest BCUT2D eigenvalue weighted by Gasteiger charge is 2.15. The monoisotopic (exact) mass is 204 g/mol. The molecule has 0 aliphatic heterocycles. The highest BCUT2D eigenvalue weighted by molar-refractivity contribution is 7.86. The average Bonchev–Trinajstić information content (AvgIpc) is 2.30. The fraction of sp³-hybridized carbons (Fsp3) is 0.571. The Balaban J connectivity index is 2.81. The number of nitrogens with zero attached hydrogens (tertiary/aromatic N) is 2. The van der Waals surface area contributed by atoms with Crippen LogP contribution < -0.4 is 0 Å². The molecule has 0 amide bonds. The smallest absolute Gasteiger partial charge is 0.265 e. The van der Waals surface area contributed by atoms with Crippen molar-refractivity contribution in [1.29, 1.82) is 0 Å². The summed E-state index contributed by atoms with van der Waals surface area (Å²) in [6.07, 6.45) is 3.80. The van der Waals surface area contributed by atoms with E-state index in [9.17, 15) is 8.42 Å². The second-order valence-corrected chi connectivity index (χ2v) is 4.44. The molecule has 13 heavy (non-hydrogen) atoms. The summed E-state index contributed by atoms with van der Waals surface area (Å²) in [5.74, 6) is 0.588. The first kappa shape index (κ1) is 10.2. The molecule has 74 valence electrons. The van der Waals surface area contributed by atoms with E-state index in [1.54, 1.807) is 30.9 Å². The molecule has 0 radical (unpaired) electrons. The van der Waals surface area contributed by atoms with E-state index in [1.165, 1.54) is 0 Å². The first-order valence-electron chi connectivity index (χ1n) is 3.75. The van der Waals surface area contributed by atoms with E-state index in [2.05, 4.69) is 4.98 Å². The Bertz CT molecular complexity index is 382. The zero-order valence-electron chi connectivity index (χ0n) is 7.76. The molecule has 0 saturated carbocycles. The Hall–Kier alpha value is -0.880. The zero-order chi connectivity index (χ0) is 10.1. The fourth-order valence-corrected chi connectivity index (χ4v) is 1.68. The third kappa shape index (κ3) is 2.82. The molecular weight excluding hydrogens is 192 g/mol. The van der Waals surface area contributed by atoms with Gasteiger partial charge in [-0.2, -0.15) is 8.42 Å². The lowest BCUT2D eigenvalue weighted by atomic mass is 10.4. The van der Waals surface area contributed by atoms with Gasteiger partial charge >= 0.3 is 0 Å². The molecule has 0 spiro atoms. The van der Waals surface area contributed by atoms with Crippen LogP contribution in [0.5, 0.6) is 0 Å². The van der Waals surface area contributed by atoms with Crippen LogP contribution in [0.15, 0.2) is 12.4 Å². The minimum Gasteiger partial charge on any atom is -0.336 e. The van der Waals surface area contributed by atoms with Gasteiger partial charge in [0, 0.05) is 19.4 Å². The predicted octanol–water partition coefficient (Wildman–Crippen LogP) is 0.457. The summed E-state index contributed by atoms with van der Waals surface area (Å²) < 4.78 is 28.0.